The molecule has 0 radical (unpaired) electrons. The average Bonchev–Trinajstić information content (AvgIpc) is 3.52. The minimum absolute atomic E-state index is 0.180. The normalized spacial score (nSPS) is 14.3. The van der Waals surface area contributed by atoms with E-state index in [1.165, 1.54) is 10.6 Å². The Morgan fingerprint density at radius 3 is 2.54 bits per heavy atom. The van der Waals surface area contributed by atoms with Crippen LogP contribution in [0, 0.1) is 13.8 Å². The topological polar surface area (TPSA) is 113 Å². The number of sulfonamides is 1. The fraction of sp³-hybridized carbons (Fsp3) is 0.500. The third-order valence-corrected chi connectivity index (χ3v) is 8.67. The number of hydrogen-bond donors (Lipinski definition) is 1. The fourth-order valence-electron chi connectivity index (χ4n) is 4.69. The third kappa shape index (κ3) is 5.01. The Morgan fingerprint density at radius 2 is 1.86 bits per heavy atom. The Hall–Kier alpha value is -3.05. The number of aromatic nitrogens is 4. The zero-order valence-electron chi connectivity index (χ0n) is 20.8. The van der Waals surface area contributed by atoms with Crippen molar-refractivity contribution in [3.05, 3.63) is 41.5 Å². The van der Waals surface area contributed by atoms with E-state index in [1.54, 1.807) is 16.6 Å². The van der Waals surface area contributed by atoms with E-state index >= 15 is 0 Å². The number of rotatable bonds is 9. The molecule has 0 saturated carbocycles. The number of carbonyl (C=O) groups excluding carboxylic acids is 1. The minimum Gasteiger partial charge on any atom is -0.370 e. The predicted octanol–water partition coefficient (Wildman–Crippen LogP) is 2.94. The molecule has 0 aliphatic carbocycles. The molecule has 0 unspecified atom stereocenters. The number of carbonyl (C=O) groups is 1. The van der Waals surface area contributed by atoms with Crippen LogP contribution in [0.4, 0.5) is 11.4 Å². The SMILES string of the molecule is CCN(CC)S(=O)(=O)c1ccc(N2CCCC2)c(NC(=O)CCc2c(C)nc3ncnn3c2C)c1. The third-order valence-electron chi connectivity index (χ3n) is 6.62. The van der Waals surface area contributed by atoms with Gasteiger partial charge >= 0.3 is 0 Å². The van der Waals surface area contributed by atoms with Crippen molar-refractivity contribution >= 4 is 33.1 Å². The summed E-state index contributed by atoms with van der Waals surface area (Å²) in [4.78, 5) is 24.0. The molecule has 0 atom stereocenters. The lowest BCUT2D eigenvalue weighted by Crippen LogP contribution is -2.31. The van der Waals surface area contributed by atoms with Gasteiger partial charge in [-0.2, -0.15) is 14.4 Å². The molecule has 1 aliphatic heterocycles. The van der Waals surface area contributed by atoms with Gasteiger partial charge in [-0.25, -0.2) is 17.9 Å². The van der Waals surface area contributed by atoms with Gasteiger partial charge in [-0.1, -0.05) is 13.8 Å². The van der Waals surface area contributed by atoms with Crippen molar-refractivity contribution in [1.82, 2.24) is 23.9 Å². The number of fused-ring (bicyclic) bond motifs is 1. The van der Waals surface area contributed by atoms with Gasteiger partial charge in [0.1, 0.15) is 6.33 Å². The van der Waals surface area contributed by atoms with Crippen molar-refractivity contribution in [3.63, 3.8) is 0 Å². The molecule has 1 N–H and O–H groups in total. The van der Waals surface area contributed by atoms with E-state index < -0.39 is 10.0 Å². The van der Waals surface area contributed by atoms with Crippen LogP contribution in [0.3, 0.4) is 0 Å². The summed E-state index contributed by atoms with van der Waals surface area (Å²) in [6, 6.07) is 5.05. The summed E-state index contributed by atoms with van der Waals surface area (Å²) in [7, 11) is -3.64. The number of nitrogens with one attached hydrogen (secondary N) is 1. The molecule has 188 valence electrons. The van der Waals surface area contributed by atoms with Gasteiger partial charge in [-0.3, -0.25) is 4.79 Å². The number of amides is 1. The van der Waals surface area contributed by atoms with E-state index in [9.17, 15) is 13.2 Å². The van der Waals surface area contributed by atoms with Crippen LogP contribution in [0.25, 0.3) is 5.78 Å². The number of anilines is 2. The standard InChI is InChI=1S/C24H33N7O3S/c1-5-30(6-2)35(33,34)19-9-11-22(29-13-7-8-14-29)21(15-19)28-23(32)12-10-20-17(3)27-24-25-16-26-31(24)18(20)4/h9,11,15-16H,5-8,10,12-14H2,1-4H3,(H,28,32). The largest absolute Gasteiger partial charge is 0.370 e. The highest BCUT2D eigenvalue weighted by molar-refractivity contribution is 7.89. The maximum atomic E-state index is 13.1. The highest BCUT2D eigenvalue weighted by Crippen LogP contribution is 2.32. The van der Waals surface area contributed by atoms with Gasteiger partial charge < -0.3 is 10.2 Å². The summed E-state index contributed by atoms with van der Waals surface area (Å²) >= 11 is 0. The first-order valence-electron chi connectivity index (χ1n) is 12.1. The Kier molecular flexibility index (Phi) is 7.36. The van der Waals surface area contributed by atoms with Crippen molar-refractivity contribution in [3.8, 4) is 0 Å². The summed E-state index contributed by atoms with van der Waals surface area (Å²) in [5.74, 6) is 0.356. The van der Waals surface area contributed by atoms with Gasteiger partial charge in [0.05, 0.1) is 16.3 Å². The van der Waals surface area contributed by atoms with Gasteiger partial charge in [-0.05, 0) is 56.9 Å². The van der Waals surface area contributed by atoms with Crippen LogP contribution in [0.1, 0.15) is 50.1 Å². The Labute approximate surface area is 206 Å². The molecular formula is C24H33N7O3S. The lowest BCUT2D eigenvalue weighted by Gasteiger charge is -2.24. The van der Waals surface area contributed by atoms with E-state index in [4.69, 9.17) is 0 Å². The van der Waals surface area contributed by atoms with Gasteiger partial charge in [0, 0.05) is 44.0 Å². The smallest absolute Gasteiger partial charge is 0.252 e. The molecule has 1 saturated heterocycles. The molecule has 1 fully saturated rings. The first-order valence-corrected chi connectivity index (χ1v) is 13.5. The summed E-state index contributed by atoms with van der Waals surface area (Å²) in [6.45, 7) is 10.0. The second kappa shape index (κ2) is 10.3. The van der Waals surface area contributed by atoms with Gasteiger partial charge in [0.2, 0.25) is 15.9 Å². The predicted molar refractivity (Wildman–Crippen MR) is 135 cm³/mol. The number of hydrogen-bond acceptors (Lipinski definition) is 7. The molecule has 3 aromatic rings. The second-order valence-corrected chi connectivity index (χ2v) is 10.7. The lowest BCUT2D eigenvalue weighted by atomic mass is 10.1. The number of nitrogens with zero attached hydrogens (tertiary/aromatic N) is 6. The lowest BCUT2D eigenvalue weighted by molar-refractivity contribution is -0.116. The van der Waals surface area contributed by atoms with Crippen molar-refractivity contribution in [2.45, 2.75) is 58.3 Å². The van der Waals surface area contributed by atoms with E-state index in [0.717, 1.165) is 48.6 Å². The Balaban J connectivity index is 1.58. The summed E-state index contributed by atoms with van der Waals surface area (Å²) in [6.07, 6.45) is 4.33. The Morgan fingerprint density at radius 1 is 1.14 bits per heavy atom. The first kappa shape index (κ1) is 25.1. The van der Waals surface area contributed by atoms with Gasteiger partial charge in [0.25, 0.3) is 5.78 Å². The summed E-state index contributed by atoms with van der Waals surface area (Å²) < 4.78 is 29.3. The van der Waals surface area contributed by atoms with Crippen molar-refractivity contribution in [2.75, 3.05) is 36.4 Å². The van der Waals surface area contributed by atoms with Crippen LogP contribution >= 0.6 is 0 Å². The quantitative estimate of drug-likeness (QED) is 0.482. The van der Waals surface area contributed by atoms with E-state index in [0.29, 0.717) is 31.0 Å². The summed E-state index contributed by atoms with van der Waals surface area (Å²) in [5, 5.41) is 7.21. The van der Waals surface area contributed by atoms with Crippen LogP contribution in [-0.2, 0) is 21.2 Å². The van der Waals surface area contributed by atoms with E-state index in [-0.39, 0.29) is 17.2 Å². The average molecular weight is 500 g/mol. The fourth-order valence-corrected chi connectivity index (χ4v) is 6.18. The summed E-state index contributed by atoms with van der Waals surface area (Å²) in [5.41, 5.74) is 4.07. The van der Waals surface area contributed by atoms with Crippen molar-refractivity contribution in [2.24, 2.45) is 0 Å². The number of benzene rings is 1. The molecule has 4 rings (SSSR count). The van der Waals surface area contributed by atoms with E-state index in [2.05, 4.69) is 25.3 Å². The van der Waals surface area contributed by atoms with Crippen molar-refractivity contribution in [1.29, 1.82) is 0 Å². The zero-order chi connectivity index (χ0) is 25.2. The molecule has 1 aromatic carbocycles. The monoisotopic (exact) mass is 499 g/mol. The minimum atomic E-state index is -3.64. The first-order chi connectivity index (χ1) is 16.8. The molecule has 10 nitrogen and oxygen atoms in total. The molecule has 1 aliphatic rings. The van der Waals surface area contributed by atoms with Crippen LogP contribution in [0.2, 0.25) is 0 Å². The second-order valence-electron chi connectivity index (χ2n) is 8.74. The molecule has 0 spiro atoms. The maximum Gasteiger partial charge on any atom is 0.252 e. The number of aryl methyl sites for hydroxylation is 2. The van der Waals surface area contributed by atoms with E-state index in [1.807, 2.05) is 33.8 Å². The van der Waals surface area contributed by atoms with Gasteiger partial charge in [0.15, 0.2) is 0 Å². The molecule has 2 aromatic heterocycles. The van der Waals surface area contributed by atoms with Crippen LogP contribution < -0.4 is 10.2 Å². The van der Waals surface area contributed by atoms with Crippen molar-refractivity contribution < 1.29 is 13.2 Å². The zero-order valence-corrected chi connectivity index (χ0v) is 21.6. The highest BCUT2D eigenvalue weighted by Gasteiger charge is 2.25. The molecular weight excluding hydrogens is 466 g/mol. The maximum absolute atomic E-state index is 13.1. The molecule has 35 heavy (non-hydrogen) atoms. The van der Waals surface area contributed by atoms with Crippen LogP contribution in [-0.4, -0.2) is 64.4 Å². The molecule has 11 heteroatoms. The molecule has 0 bridgehead atoms. The van der Waals surface area contributed by atoms with Gasteiger partial charge in [-0.15, -0.1) is 0 Å². The molecule has 3 heterocycles. The highest BCUT2D eigenvalue weighted by atomic mass is 32.2. The Bertz CT molecular complexity index is 1330. The van der Waals surface area contributed by atoms with Crippen LogP contribution in [0.15, 0.2) is 29.4 Å². The van der Waals surface area contributed by atoms with Crippen LogP contribution in [0.5, 0.6) is 0 Å². The molecule has 1 amide bonds.